The Labute approximate surface area is 342 Å². The molecule has 324 valence electrons. The summed E-state index contributed by atoms with van der Waals surface area (Å²) in [6.07, 6.45) is 1.23. The van der Waals surface area contributed by atoms with E-state index in [1.807, 2.05) is 13.0 Å². The Bertz CT molecular complexity index is 2120. The molecule has 4 amide bonds. The number of benzene rings is 1. The molecule has 7 atom stereocenters. The standard InChI is InChI=1S/C41H54F3N5O9S/c1-7-24-17-23(3)11-9-10-12-26-21-41(26,37(52)47-59(55,56)40(6)14-15-40)46-33(50)30-19-27(22-48(30)35(51)32(24)49(38(53)54)39(4,5)36(43)44)58-34-28-20-29(42)31(57-8-2)18-25(28)13-16-45-34/h10,12-13,16,18,20,23-24,26-27,30,32,36H,7-9,11,14-15,17,19,21-22H2,1-6H3,(H,46,50)(H,47,52)(H,53,54)/b12-10-/t23-,24+,26+,27+,30-,32-,41+/m0/s1. The van der Waals surface area contributed by atoms with Crippen molar-refractivity contribution in [1.29, 1.82) is 0 Å². The molecule has 0 spiro atoms. The maximum absolute atomic E-state index is 15.2. The summed E-state index contributed by atoms with van der Waals surface area (Å²) in [5.74, 6) is -4.85. The van der Waals surface area contributed by atoms with Gasteiger partial charge in [0.2, 0.25) is 27.7 Å². The average Bonchev–Trinajstić information content (AvgIpc) is 4.04. The third kappa shape index (κ3) is 8.55. The molecular weight excluding hydrogens is 796 g/mol. The maximum atomic E-state index is 15.2. The van der Waals surface area contributed by atoms with E-state index in [9.17, 15) is 36.7 Å². The summed E-state index contributed by atoms with van der Waals surface area (Å²) < 4.78 is 83.9. The van der Waals surface area contributed by atoms with E-state index in [1.54, 1.807) is 26.0 Å². The lowest BCUT2D eigenvalue weighted by Gasteiger charge is -2.45. The molecule has 59 heavy (non-hydrogen) atoms. The molecule has 1 aromatic carbocycles. The third-order valence-corrected chi connectivity index (χ3v) is 14.7. The number of ether oxygens (including phenoxy) is 2. The van der Waals surface area contributed by atoms with Crippen LogP contribution in [0.15, 0.2) is 36.5 Å². The van der Waals surface area contributed by atoms with Gasteiger partial charge in [-0.25, -0.2) is 31.4 Å². The highest BCUT2D eigenvalue weighted by Crippen LogP contribution is 2.48. The first-order chi connectivity index (χ1) is 27.7. The Morgan fingerprint density at radius 2 is 1.90 bits per heavy atom. The number of nitrogens with one attached hydrogen (secondary N) is 2. The van der Waals surface area contributed by atoms with Crippen LogP contribution in [0, 0.1) is 23.6 Å². The van der Waals surface area contributed by atoms with Gasteiger partial charge in [-0.3, -0.25) is 24.0 Å². The fraction of sp³-hybridized carbons (Fsp3) is 0.634. The fourth-order valence-electron chi connectivity index (χ4n) is 8.42. The first kappa shape index (κ1) is 44.0. The number of fused-ring (bicyclic) bond motifs is 3. The van der Waals surface area contributed by atoms with Crippen molar-refractivity contribution < 1.29 is 55.3 Å². The number of alkyl halides is 2. The maximum Gasteiger partial charge on any atom is 0.408 e. The topological polar surface area (TPSA) is 185 Å². The molecule has 1 saturated heterocycles. The minimum absolute atomic E-state index is 0.0111. The summed E-state index contributed by atoms with van der Waals surface area (Å²) in [6.45, 7) is 8.87. The van der Waals surface area contributed by atoms with E-state index < -0.39 is 91.9 Å². The molecule has 0 radical (unpaired) electrons. The zero-order valence-electron chi connectivity index (χ0n) is 34.2. The van der Waals surface area contributed by atoms with Gasteiger partial charge in [0, 0.05) is 23.9 Å². The lowest BCUT2D eigenvalue weighted by atomic mass is 9.82. The first-order valence-corrected chi connectivity index (χ1v) is 21.7. The summed E-state index contributed by atoms with van der Waals surface area (Å²) in [7, 11) is -4.11. The van der Waals surface area contributed by atoms with Gasteiger partial charge in [0.05, 0.1) is 17.9 Å². The molecule has 2 aliphatic heterocycles. The smallest absolute Gasteiger partial charge is 0.408 e. The minimum Gasteiger partial charge on any atom is -0.491 e. The Morgan fingerprint density at radius 1 is 1.19 bits per heavy atom. The van der Waals surface area contributed by atoms with Crippen molar-refractivity contribution >= 4 is 44.6 Å². The molecule has 14 nitrogen and oxygen atoms in total. The van der Waals surface area contributed by atoms with Crippen molar-refractivity contribution in [2.75, 3.05) is 13.2 Å². The van der Waals surface area contributed by atoms with Crippen molar-refractivity contribution in [3.63, 3.8) is 0 Å². The van der Waals surface area contributed by atoms with Gasteiger partial charge in [0.15, 0.2) is 11.6 Å². The van der Waals surface area contributed by atoms with Crippen molar-refractivity contribution in [2.24, 2.45) is 17.8 Å². The monoisotopic (exact) mass is 849 g/mol. The molecule has 2 saturated carbocycles. The van der Waals surface area contributed by atoms with E-state index >= 15 is 9.18 Å². The van der Waals surface area contributed by atoms with Gasteiger partial charge < -0.3 is 24.8 Å². The van der Waals surface area contributed by atoms with Crippen LogP contribution in [0.2, 0.25) is 0 Å². The number of allylic oxidation sites excluding steroid dienone is 1. The van der Waals surface area contributed by atoms with Gasteiger partial charge in [-0.05, 0) is 102 Å². The van der Waals surface area contributed by atoms with Crippen molar-refractivity contribution in [2.45, 2.75) is 133 Å². The number of aromatic nitrogens is 1. The third-order valence-electron chi connectivity index (χ3n) is 12.6. The molecular formula is C41H54F3N5O9S. The number of carbonyl (C=O) groups excluding carboxylic acids is 3. The van der Waals surface area contributed by atoms with Crippen LogP contribution in [0.1, 0.15) is 92.9 Å². The first-order valence-electron chi connectivity index (χ1n) is 20.2. The summed E-state index contributed by atoms with van der Waals surface area (Å²) in [5, 5.41) is 14.1. The highest BCUT2D eigenvalue weighted by molar-refractivity contribution is 7.91. The molecule has 4 aliphatic rings. The molecule has 0 bridgehead atoms. The normalized spacial score (nSPS) is 29.0. The number of hydrogen-bond acceptors (Lipinski definition) is 9. The second-order valence-corrected chi connectivity index (χ2v) is 19.5. The van der Waals surface area contributed by atoms with E-state index in [1.165, 1.54) is 25.3 Å². The van der Waals surface area contributed by atoms with Crippen LogP contribution >= 0.6 is 0 Å². The van der Waals surface area contributed by atoms with E-state index in [-0.39, 0.29) is 61.8 Å². The number of halogens is 3. The number of carbonyl (C=O) groups is 4. The summed E-state index contributed by atoms with van der Waals surface area (Å²) in [6, 6.07) is 1.18. The van der Waals surface area contributed by atoms with Crippen LogP contribution < -0.4 is 19.5 Å². The minimum atomic E-state index is -4.11. The molecule has 3 N–H and O–H groups in total. The lowest BCUT2D eigenvalue weighted by Crippen LogP contribution is -2.65. The molecule has 1 aromatic heterocycles. The Balaban J connectivity index is 1.43. The molecule has 2 aromatic rings. The van der Waals surface area contributed by atoms with Gasteiger partial charge in [-0.2, -0.15) is 0 Å². The molecule has 0 unspecified atom stereocenters. The molecule has 2 aliphatic carbocycles. The number of nitrogens with zero attached hydrogens (tertiary/aromatic N) is 3. The second-order valence-electron chi connectivity index (χ2n) is 17.3. The average molecular weight is 850 g/mol. The SMILES string of the molecule is CCOc1cc2ccnc(O[C@@H]3C[C@H]4C(=O)N[C@]5(C(=O)NS(=O)(=O)C6(C)CC6)C[C@H]5/C=C\CC[C@H](C)C[C@@H](CC)[C@H](N(C(=O)O)C(C)(C)C(F)F)C(=O)N4C3)c2cc1F. The summed E-state index contributed by atoms with van der Waals surface area (Å²) in [4.78, 5) is 62.7. The predicted molar refractivity (Wildman–Crippen MR) is 211 cm³/mol. The van der Waals surface area contributed by atoms with Gasteiger partial charge >= 0.3 is 6.09 Å². The van der Waals surface area contributed by atoms with Gasteiger partial charge in [-0.15, -0.1) is 0 Å². The number of sulfonamides is 1. The highest BCUT2D eigenvalue weighted by Gasteiger charge is 2.63. The Hall–Kier alpha value is -4.61. The van der Waals surface area contributed by atoms with Crippen LogP contribution in [-0.2, 0) is 24.4 Å². The molecule has 6 rings (SSSR count). The Morgan fingerprint density at radius 3 is 2.53 bits per heavy atom. The zero-order chi connectivity index (χ0) is 43.2. The quantitative estimate of drug-likeness (QED) is 0.234. The van der Waals surface area contributed by atoms with Gasteiger partial charge in [0.25, 0.3) is 12.3 Å². The van der Waals surface area contributed by atoms with Crippen LogP contribution in [0.3, 0.4) is 0 Å². The van der Waals surface area contributed by atoms with Crippen LogP contribution in [0.25, 0.3) is 10.8 Å². The van der Waals surface area contributed by atoms with E-state index in [2.05, 4.69) is 15.0 Å². The zero-order valence-corrected chi connectivity index (χ0v) is 35.0. The molecule has 18 heteroatoms. The van der Waals surface area contributed by atoms with Crippen LogP contribution in [0.4, 0.5) is 18.0 Å². The summed E-state index contributed by atoms with van der Waals surface area (Å²) in [5.41, 5.74) is -4.04. The van der Waals surface area contributed by atoms with Crippen LogP contribution in [0.5, 0.6) is 11.6 Å². The van der Waals surface area contributed by atoms with Crippen LogP contribution in [-0.4, -0.2) is 106 Å². The fourth-order valence-corrected chi connectivity index (χ4v) is 9.73. The highest BCUT2D eigenvalue weighted by atomic mass is 32.2. The van der Waals surface area contributed by atoms with Crippen molar-refractivity contribution in [3.05, 3.63) is 42.4 Å². The van der Waals surface area contributed by atoms with E-state index in [4.69, 9.17) is 9.47 Å². The number of rotatable bonds is 11. The second kappa shape index (κ2) is 16.4. The predicted octanol–water partition coefficient (Wildman–Crippen LogP) is 5.79. The number of amides is 4. The van der Waals surface area contributed by atoms with Crippen molar-refractivity contribution in [1.82, 2.24) is 24.8 Å². The Kier molecular flexibility index (Phi) is 12.3. The largest absolute Gasteiger partial charge is 0.491 e. The number of hydrogen-bond donors (Lipinski definition) is 3. The van der Waals surface area contributed by atoms with E-state index in [0.29, 0.717) is 36.0 Å². The molecule has 3 fully saturated rings. The van der Waals surface area contributed by atoms with E-state index in [0.717, 1.165) is 18.7 Å². The van der Waals surface area contributed by atoms with Gasteiger partial charge in [-0.1, -0.05) is 32.4 Å². The molecule has 3 heterocycles. The lowest BCUT2D eigenvalue weighted by molar-refractivity contribution is -0.149. The van der Waals surface area contributed by atoms with Crippen molar-refractivity contribution in [3.8, 4) is 11.6 Å². The summed E-state index contributed by atoms with van der Waals surface area (Å²) >= 11 is 0. The van der Waals surface area contributed by atoms with Gasteiger partial charge in [0.1, 0.15) is 29.3 Å². The number of carboxylic acid groups (broad SMARTS) is 1. The number of pyridine rings is 1.